The van der Waals surface area contributed by atoms with Crippen LogP contribution in [0.3, 0.4) is 0 Å². The van der Waals surface area contributed by atoms with E-state index in [2.05, 4.69) is 10.2 Å². The number of halogens is 2. The Kier molecular flexibility index (Phi) is 5.26. The number of hydrogen-bond acceptors (Lipinski definition) is 3. The fourth-order valence-corrected chi connectivity index (χ4v) is 3.80. The molecule has 1 amide bonds. The molecule has 2 aromatic carbocycles. The highest BCUT2D eigenvalue weighted by Crippen LogP contribution is 2.33. The third-order valence-corrected chi connectivity index (χ3v) is 5.67. The molecule has 0 spiro atoms. The zero-order valence-electron chi connectivity index (χ0n) is 17.1. The number of hydrazone groups is 1. The summed E-state index contributed by atoms with van der Waals surface area (Å²) in [5.74, 6) is -0.251. The summed E-state index contributed by atoms with van der Waals surface area (Å²) in [6.45, 7) is 7.77. The molecule has 0 aliphatic carbocycles. The smallest absolute Gasteiger partial charge is 0.267 e. The van der Waals surface area contributed by atoms with Gasteiger partial charge in [0.15, 0.2) is 0 Å². The molecule has 1 aliphatic rings. The molecular weight excluding hydrogens is 419 g/mol. The zero-order chi connectivity index (χ0) is 21.6. The highest BCUT2D eigenvalue weighted by molar-refractivity contribution is 6.38. The van der Waals surface area contributed by atoms with Crippen LogP contribution in [0.5, 0.6) is 0 Å². The lowest BCUT2D eigenvalue weighted by molar-refractivity contribution is -0.114. The third-order valence-electron chi connectivity index (χ3n) is 5.11. The van der Waals surface area contributed by atoms with Gasteiger partial charge in [-0.2, -0.15) is 15.2 Å². The summed E-state index contributed by atoms with van der Waals surface area (Å²) in [6, 6.07) is 13.1. The first-order valence-corrected chi connectivity index (χ1v) is 10.2. The molecule has 2 heterocycles. The molecule has 0 bridgehead atoms. The van der Waals surface area contributed by atoms with Crippen molar-refractivity contribution in [3.8, 4) is 5.69 Å². The number of nitrogens with zero attached hydrogens (tertiary/aromatic N) is 4. The average molecular weight is 439 g/mol. The number of benzene rings is 2. The molecule has 1 aromatic heterocycles. The van der Waals surface area contributed by atoms with E-state index in [4.69, 9.17) is 23.2 Å². The van der Waals surface area contributed by atoms with Gasteiger partial charge in [-0.15, -0.1) is 0 Å². The van der Waals surface area contributed by atoms with Crippen LogP contribution < -0.4 is 5.01 Å². The van der Waals surface area contributed by atoms with Crippen LogP contribution in [0.25, 0.3) is 11.8 Å². The van der Waals surface area contributed by atoms with Crippen molar-refractivity contribution in [3.63, 3.8) is 0 Å². The van der Waals surface area contributed by atoms with Gasteiger partial charge in [0.25, 0.3) is 5.91 Å². The second-order valence-corrected chi connectivity index (χ2v) is 8.13. The summed E-state index contributed by atoms with van der Waals surface area (Å²) in [5, 5.41) is 11.3. The molecule has 152 valence electrons. The maximum Gasteiger partial charge on any atom is 0.280 e. The zero-order valence-corrected chi connectivity index (χ0v) is 18.6. The lowest BCUT2D eigenvalue weighted by Gasteiger charge is -2.13. The molecule has 0 radical (unpaired) electrons. The number of carbonyl (C=O) groups excluding carboxylic acids is 1. The number of hydrogen-bond donors (Lipinski definition) is 0. The molecular formula is C23H20Cl2N4O. The van der Waals surface area contributed by atoms with Gasteiger partial charge >= 0.3 is 0 Å². The van der Waals surface area contributed by atoms with E-state index in [1.165, 1.54) is 10.6 Å². The number of amides is 1. The first-order chi connectivity index (χ1) is 14.3. The molecule has 0 N–H and O–H groups in total. The van der Waals surface area contributed by atoms with Crippen molar-refractivity contribution in [2.45, 2.75) is 27.7 Å². The standard InChI is InChI=1S/C23H20Cl2N4O/c1-13-5-8-18(9-6-13)28-16(4)19(14(2)26-28)12-20-15(3)27-29(23(20)30)22-11-17(24)7-10-21(22)25/h5-12H,1-4H3/b20-12+. The molecule has 0 unspecified atom stereocenters. The first-order valence-electron chi connectivity index (χ1n) is 9.46. The van der Waals surface area contributed by atoms with E-state index in [0.717, 1.165) is 22.6 Å². The van der Waals surface area contributed by atoms with E-state index in [1.807, 2.05) is 55.8 Å². The second-order valence-electron chi connectivity index (χ2n) is 7.29. The van der Waals surface area contributed by atoms with Crippen LogP contribution in [-0.2, 0) is 4.79 Å². The van der Waals surface area contributed by atoms with E-state index in [1.54, 1.807) is 25.1 Å². The van der Waals surface area contributed by atoms with Crippen LogP contribution in [0.2, 0.25) is 10.0 Å². The number of aryl methyl sites for hydroxylation is 2. The van der Waals surface area contributed by atoms with E-state index in [9.17, 15) is 4.79 Å². The number of carbonyl (C=O) groups is 1. The van der Waals surface area contributed by atoms with Gasteiger partial charge < -0.3 is 0 Å². The quantitative estimate of drug-likeness (QED) is 0.477. The molecule has 0 saturated heterocycles. The largest absolute Gasteiger partial charge is 0.280 e. The van der Waals surface area contributed by atoms with Crippen molar-refractivity contribution >= 4 is 46.6 Å². The third kappa shape index (κ3) is 3.55. The van der Waals surface area contributed by atoms with E-state index in [-0.39, 0.29) is 5.91 Å². The Morgan fingerprint density at radius 3 is 2.37 bits per heavy atom. The van der Waals surface area contributed by atoms with Crippen LogP contribution in [0.15, 0.2) is 53.1 Å². The van der Waals surface area contributed by atoms with Gasteiger partial charge in [0.2, 0.25) is 0 Å². The minimum atomic E-state index is -0.251. The van der Waals surface area contributed by atoms with Crippen molar-refractivity contribution in [2.24, 2.45) is 5.10 Å². The topological polar surface area (TPSA) is 50.5 Å². The minimum absolute atomic E-state index is 0.251. The Bertz CT molecular complexity index is 1220. The molecule has 0 saturated carbocycles. The van der Waals surface area contributed by atoms with E-state index in [0.29, 0.717) is 27.0 Å². The molecule has 4 rings (SSSR count). The molecule has 30 heavy (non-hydrogen) atoms. The Labute approximate surface area is 185 Å². The fourth-order valence-electron chi connectivity index (χ4n) is 3.44. The molecule has 0 fully saturated rings. The van der Waals surface area contributed by atoms with Crippen molar-refractivity contribution < 1.29 is 4.79 Å². The van der Waals surface area contributed by atoms with Crippen molar-refractivity contribution in [3.05, 3.63) is 80.6 Å². The van der Waals surface area contributed by atoms with Gasteiger partial charge in [0.05, 0.1) is 33.4 Å². The highest BCUT2D eigenvalue weighted by atomic mass is 35.5. The Hall–Kier alpha value is -2.89. The monoisotopic (exact) mass is 438 g/mol. The van der Waals surface area contributed by atoms with Gasteiger partial charge in [-0.1, -0.05) is 40.9 Å². The van der Waals surface area contributed by atoms with Crippen molar-refractivity contribution in [1.29, 1.82) is 0 Å². The number of rotatable bonds is 3. The Balaban J connectivity index is 1.74. The average Bonchev–Trinajstić information content (AvgIpc) is 3.15. The molecule has 0 atom stereocenters. The number of aromatic nitrogens is 2. The Morgan fingerprint density at radius 1 is 0.967 bits per heavy atom. The van der Waals surface area contributed by atoms with Crippen LogP contribution in [0.4, 0.5) is 5.69 Å². The van der Waals surface area contributed by atoms with Gasteiger partial charge in [-0.25, -0.2) is 4.68 Å². The van der Waals surface area contributed by atoms with Crippen LogP contribution in [-0.4, -0.2) is 21.4 Å². The summed E-state index contributed by atoms with van der Waals surface area (Å²) < 4.78 is 1.89. The maximum atomic E-state index is 13.1. The van der Waals surface area contributed by atoms with Gasteiger partial charge in [0.1, 0.15) is 0 Å². The van der Waals surface area contributed by atoms with Crippen LogP contribution in [0.1, 0.15) is 29.4 Å². The molecule has 3 aromatic rings. The normalized spacial score (nSPS) is 15.3. The Morgan fingerprint density at radius 2 is 1.67 bits per heavy atom. The second kappa shape index (κ2) is 7.74. The van der Waals surface area contributed by atoms with Crippen LogP contribution in [0, 0.1) is 20.8 Å². The molecule has 1 aliphatic heterocycles. The molecule has 5 nitrogen and oxygen atoms in total. The first kappa shape index (κ1) is 20.4. The predicted molar refractivity (Wildman–Crippen MR) is 123 cm³/mol. The van der Waals surface area contributed by atoms with Crippen LogP contribution >= 0.6 is 23.2 Å². The van der Waals surface area contributed by atoms with Crippen molar-refractivity contribution in [2.75, 3.05) is 5.01 Å². The van der Waals surface area contributed by atoms with Crippen molar-refractivity contribution in [1.82, 2.24) is 9.78 Å². The summed E-state index contributed by atoms with van der Waals surface area (Å²) in [7, 11) is 0. The summed E-state index contributed by atoms with van der Waals surface area (Å²) >= 11 is 12.4. The summed E-state index contributed by atoms with van der Waals surface area (Å²) in [5.41, 5.74) is 6.41. The van der Waals surface area contributed by atoms with Gasteiger partial charge in [-0.05, 0) is 64.1 Å². The summed E-state index contributed by atoms with van der Waals surface area (Å²) in [4.78, 5) is 13.1. The highest BCUT2D eigenvalue weighted by Gasteiger charge is 2.31. The minimum Gasteiger partial charge on any atom is -0.267 e. The van der Waals surface area contributed by atoms with Gasteiger partial charge in [0, 0.05) is 16.3 Å². The lowest BCUT2D eigenvalue weighted by Crippen LogP contribution is -2.21. The van der Waals surface area contributed by atoms with E-state index < -0.39 is 0 Å². The SMILES string of the molecule is CC1=NN(c2cc(Cl)ccc2Cl)C(=O)/C1=C/c1c(C)nn(-c2ccc(C)cc2)c1C. The van der Waals surface area contributed by atoms with Gasteiger partial charge in [-0.3, -0.25) is 4.79 Å². The molecule has 7 heteroatoms. The fraction of sp³-hybridized carbons (Fsp3) is 0.174. The summed E-state index contributed by atoms with van der Waals surface area (Å²) in [6.07, 6.45) is 1.85. The number of anilines is 1. The van der Waals surface area contributed by atoms with E-state index >= 15 is 0 Å². The lowest BCUT2D eigenvalue weighted by atomic mass is 10.1. The maximum absolute atomic E-state index is 13.1. The predicted octanol–water partition coefficient (Wildman–Crippen LogP) is 5.91.